The number of fused-ring (bicyclic) bond motifs is 1. The monoisotopic (exact) mass is 329 g/mol. The van der Waals surface area contributed by atoms with E-state index >= 15 is 0 Å². The van der Waals surface area contributed by atoms with Crippen LogP contribution >= 0.6 is 23.2 Å². The topological polar surface area (TPSA) is 80.8 Å². The quantitative estimate of drug-likeness (QED) is 0.620. The molecule has 0 fully saturated rings. The molecule has 0 N–H and O–H groups in total. The number of hydrogen-bond donors (Lipinski definition) is 0. The van der Waals surface area contributed by atoms with Crippen molar-refractivity contribution >= 4 is 46.8 Å². The fraction of sp³-hybridized carbons (Fsp3) is 0.231. The van der Waals surface area contributed by atoms with Gasteiger partial charge in [0.2, 0.25) is 0 Å². The van der Waals surface area contributed by atoms with Gasteiger partial charge in [-0.2, -0.15) is 0 Å². The Bertz CT molecular complexity index is 630. The van der Waals surface area contributed by atoms with Crippen molar-refractivity contribution in [3.8, 4) is 0 Å². The van der Waals surface area contributed by atoms with Gasteiger partial charge < -0.3 is 4.74 Å². The van der Waals surface area contributed by atoms with Crippen molar-refractivity contribution in [2.75, 3.05) is 13.2 Å². The molecule has 0 spiro atoms. The second-order valence-corrected chi connectivity index (χ2v) is 5.19. The lowest BCUT2D eigenvalue weighted by Gasteiger charge is -2.12. The average Bonchev–Trinajstić information content (AvgIpc) is 2.63. The van der Waals surface area contributed by atoms with E-state index in [0.717, 1.165) is 4.90 Å². The SMILES string of the molecule is CC(=O)COC(=O)CN1C(=O)c2cc(Cl)c(Cl)cc2C1=O. The molecule has 1 heterocycles. The highest BCUT2D eigenvalue weighted by Crippen LogP contribution is 2.31. The summed E-state index contributed by atoms with van der Waals surface area (Å²) < 4.78 is 4.62. The van der Waals surface area contributed by atoms with Crippen molar-refractivity contribution in [2.45, 2.75) is 6.92 Å². The summed E-state index contributed by atoms with van der Waals surface area (Å²) in [5.41, 5.74) is 0.155. The zero-order valence-corrected chi connectivity index (χ0v) is 12.3. The molecule has 0 unspecified atom stereocenters. The number of ether oxygens (including phenoxy) is 1. The molecular formula is C13H9Cl2NO5. The maximum atomic E-state index is 12.1. The lowest BCUT2D eigenvalue weighted by atomic mass is 10.1. The third-order valence-electron chi connectivity index (χ3n) is 2.74. The molecule has 0 aliphatic carbocycles. The Labute approximate surface area is 129 Å². The first-order valence-corrected chi connectivity index (χ1v) is 6.57. The lowest BCUT2D eigenvalue weighted by Crippen LogP contribution is -2.36. The van der Waals surface area contributed by atoms with Crippen LogP contribution in [0, 0.1) is 0 Å². The number of benzene rings is 1. The lowest BCUT2D eigenvalue weighted by molar-refractivity contribution is -0.147. The fourth-order valence-corrected chi connectivity index (χ4v) is 2.11. The molecule has 6 nitrogen and oxygen atoms in total. The Morgan fingerprint density at radius 2 is 1.57 bits per heavy atom. The average molecular weight is 330 g/mol. The molecule has 1 aromatic carbocycles. The van der Waals surface area contributed by atoms with E-state index in [4.69, 9.17) is 23.2 Å². The molecule has 8 heteroatoms. The summed E-state index contributed by atoms with van der Waals surface area (Å²) in [6, 6.07) is 2.56. The van der Waals surface area contributed by atoms with Crippen LogP contribution in [0.15, 0.2) is 12.1 Å². The summed E-state index contributed by atoms with van der Waals surface area (Å²) in [4.78, 5) is 47.1. The van der Waals surface area contributed by atoms with Crippen molar-refractivity contribution < 1.29 is 23.9 Å². The first-order valence-electron chi connectivity index (χ1n) is 5.81. The molecule has 0 radical (unpaired) electrons. The van der Waals surface area contributed by atoms with Crippen LogP contribution in [0.2, 0.25) is 10.0 Å². The second kappa shape index (κ2) is 5.83. The molecule has 1 aliphatic heterocycles. The van der Waals surface area contributed by atoms with Gasteiger partial charge in [-0.3, -0.25) is 24.1 Å². The molecular weight excluding hydrogens is 321 g/mol. The molecule has 2 amide bonds. The normalized spacial score (nSPS) is 13.4. The Morgan fingerprint density at radius 1 is 1.10 bits per heavy atom. The van der Waals surface area contributed by atoms with Crippen LogP contribution in [-0.4, -0.2) is 41.6 Å². The maximum absolute atomic E-state index is 12.1. The number of carbonyl (C=O) groups is 4. The van der Waals surface area contributed by atoms with Gasteiger partial charge in [0.25, 0.3) is 11.8 Å². The van der Waals surface area contributed by atoms with Crippen LogP contribution in [0.25, 0.3) is 0 Å². The minimum atomic E-state index is -0.850. The zero-order chi connectivity index (χ0) is 15.7. The molecule has 0 saturated heterocycles. The van der Waals surface area contributed by atoms with Crippen LogP contribution in [0.5, 0.6) is 0 Å². The highest BCUT2D eigenvalue weighted by molar-refractivity contribution is 6.43. The van der Waals surface area contributed by atoms with Crippen LogP contribution in [0.1, 0.15) is 27.6 Å². The number of halogens is 2. The number of carbonyl (C=O) groups excluding carboxylic acids is 4. The highest BCUT2D eigenvalue weighted by Gasteiger charge is 2.37. The van der Waals surface area contributed by atoms with E-state index in [1.807, 2.05) is 0 Å². The number of rotatable bonds is 4. The van der Waals surface area contributed by atoms with E-state index < -0.39 is 30.9 Å². The number of nitrogens with zero attached hydrogens (tertiary/aromatic N) is 1. The molecule has 1 aromatic rings. The van der Waals surface area contributed by atoms with Gasteiger partial charge in [0.05, 0.1) is 21.2 Å². The predicted octanol–water partition coefficient (Wildman–Crippen LogP) is 1.72. The van der Waals surface area contributed by atoms with Crippen LogP contribution < -0.4 is 0 Å². The third kappa shape index (κ3) is 3.06. The Morgan fingerprint density at radius 3 is 2.00 bits per heavy atom. The molecule has 1 aliphatic rings. The molecule has 110 valence electrons. The highest BCUT2D eigenvalue weighted by atomic mass is 35.5. The Balaban J connectivity index is 2.18. The third-order valence-corrected chi connectivity index (χ3v) is 3.46. The van der Waals surface area contributed by atoms with Gasteiger partial charge in [-0.25, -0.2) is 0 Å². The molecule has 2 rings (SSSR count). The van der Waals surface area contributed by atoms with E-state index in [1.165, 1.54) is 19.1 Å². The summed E-state index contributed by atoms with van der Waals surface area (Å²) in [5, 5.41) is 0.273. The van der Waals surface area contributed by atoms with Crippen LogP contribution in [0.4, 0.5) is 0 Å². The van der Waals surface area contributed by atoms with E-state index in [2.05, 4.69) is 4.74 Å². The number of ketones is 1. The standard InChI is InChI=1S/C13H9Cl2NO5/c1-6(17)5-21-11(18)4-16-12(19)7-2-9(14)10(15)3-8(7)13(16)20/h2-3H,4-5H2,1H3. The number of hydrogen-bond acceptors (Lipinski definition) is 5. The summed E-state index contributed by atoms with van der Waals surface area (Å²) in [6.07, 6.45) is 0. The number of Topliss-reactive ketones (excluding diaryl/α,β-unsaturated/α-hetero) is 1. The first-order chi connectivity index (χ1) is 9.81. The Kier molecular flexibility index (Phi) is 4.29. The predicted molar refractivity (Wildman–Crippen MR) is 73.5 cm³/mol. The first kappa shape index (κ1) is 15.5. The largest absolute Gasteiger partial charge is 0.456 e. The number of amides is 2. The summed E-state index contributed by atoms with van der Waals surface area (Å²) in [6.45, 7) is 0.272. The van der Waals surface area contributed by atoms with Gasteiger partial charge in [-0.1, -0.05) is 23.2 Å². The molecule has 0 aromatic heterocycles. The van der Waals surface area contributed by atoms with Crippen molar-refractivity contribution in [1.29, 1.82) is 0 Å². The summed E-state index contributed by atoms with van der Waals surface area (Å²) in [5.74, 6) is -2.51. The molecule has 21 heavy (non-hydrogen) atoms. The van der Waals surface area contributed by atoms with Gasteiger partial charge in [0.1, 0.15) is 13.2 Å². The van der Waals surface area contributed by atoms with Crippen LogP contribution in [0.3, 0.4) is 0 Å². The van der Waals surface area contributed by atoms with Crippen molar-refractivity contribution in [3.63, 3.8) is 0 Å². The van der Waals surface area contributed by atoms with Gasteiger partial charge >= 0.3 is 5.97 Å². The van der Waals surface area contributed by atoms with Gasteiger partial charge in [-0.15, -0.1) is 0 Å². The number of imide groups is 1. The van der Waals surface area contributed by atoms with E-state index in [-0.39, 0.29) is 27.0 Å². The van der Waals surface area contributed by atoms with Crippen molar-refractivity contribution in [3.05, 3.63) is 33.3 Å². The van der Waals surface area contributed by atoms with Crippen LogP contribution in [-0.2, 0) is 14.3 Å². The molecule has 0 atom stereocenters. The Hall–Kier alpha value is -1.92. The van der Waals surface area contributed by atoms with E-state index in [0.29, 0.717) is 0 Å². The van der Waals surface area contributed by atoms with Crippen molar-refractivity contribution in [2.24, 2.45) is 0 Å². The smallest absolute Gasteiger partial charge is 0.326 e. The minimum Gasteiger partial charge on any atom is -0.456 e. The van der Waals surface area contributed by atoms with E-state index in [9.17, 15) is 19.2 Å². The minimum absolute atomic E-state index is 0.0776. The van der Waals surface area contributed by atoms with Gasteiger partial charge in [0, 0.05) is 0 Å². The number of esters is 1. The van der Waals surface area contributed by atoms with Gasteiger partial charge in [0.15, 0.2) is 5.78 Å². The summed E-state index contributed by atoms with van der Waals surface area (Å²) in [7, 11) is 0. The molecule has 0 bridgehead atoms. The molecule has 0 saturated carbocycles. The fourth-order valence-electron chi connectivity index (χ4n) is 1.78. The van der Waals surface area contributed by atoms with Gasteiger partial charge in [-0.05, 0) is 19.1 Å². The van der Waals surface area contributed by atoms with Crippen molar-refractivity contribution in [1.82, 2.24) is 4.90 Å². The summed E-state index contributed by atoms with van der Waals surface area (Å²) >= 11 is 11.6. The maximum Gasteiger partial charge on any atom is 0.326 e. The van der Waals surface area contributed by atoms with E-state index in [1.54, 1.807) is 0 Å². The second-order valence-electron chi connectivity index (χ2n) is 4.37. The zero-order valence-electron chi connectivity index (χ0n) is 10.8.